The minimum atomic E-state index is -0.623. The number of halogens is 2. The first-order valence-corrected chi connectivity index (χ1v) is 8.00. The zero-order valence-electron chi connectivity index (χ0n) is 13.6. The van der Waals surface area contributed by atoms with Crippen molar-refractivity contribution in [1.29, 1.82) is 5.26 Å². The fourth-order valence-electron chi connectivity index (χ4n) is 2.30. The van der Waals surface area contributed by atoms with Crippen LogP contribution in [0.1, 0.15) is 19.4 Å². The standard InChI is InChI=1S/C18H14ClFN4O/c1-10(2)8-25-18-14(19)3-12(7-22-18)17-13-5-15(20)11(6-21)4-16(13)23-9-24-17/h3-5,7,9-10H,8H2,1-2H3. The summed E-state index contributed by atoms with van der Waals surface area (Å²) in [7, 11) is 0. The predicted molar refractivity (Wildman–Crippen MR) is 92.8 cm³/mol. The molecular weight excluding hydrogens is 343 g/mol. The zero-order chi connectivity index (χ0) is 18.0. The highest BCUT2D eigenvalue weighted by Crippen LogP contribution is 2.31. The van der Waals surface area contributed by atoms with E-state index in [0.29, 0.717) is 45.6 Å². The van der Waals surface area contributed by atoms with Gasteiger partial charge in [0.1, 0.15) is 23.2 Å². The molecular formula is C18H14ClFN4O. The van der Waals surface area contributed by atoms with Crippen molar-refractivity contribution in [3.63, 3.8) is 0 Å². The third kappa shape index (κ3) is 3.52. The van der Waals surface area contributed by atoms with Crippen LogP contribution in [0.25, 0.3) is 22.2 Å². The van der Waals surface area contributed by atoms with Gasteiger partial charge < -0.3 is 4.74 Å². The number of nitriles is 1. The van der Waals surface area contributed by atoms with Gasteiger partial charge in [0.15, 0.2) is 0 Å². The number of pyridine rings is 1. The molecule has 0 unspecified atom stereocenters. The third-order valence-electron chi connectivity index (χ3n) is 3.48. The fraction of sp³-hybridized carbons (Fsp3) is 0.222. The van der Waals surface area contributed by atoms with E-state index in [0.717, 1.165) is 0 Å². The van der Waals surface area contributed by atoms with E-state index in [1.54, 1.807) is 18.3 Å². The molecule has 0 aliphatic heterocycles. The topological polar surface area (TPSA) is 71.7 Å². The Morgan fingerprint density at radius 1 is 1.24 bits per heavy atom. The van der Waals surface area contributed by atoms with Crippen LogP contribution in [0.4, 0.5) is 4.39 Å². The Hall–Kier alpha value is -2.78. The quantitative estimate of drug-likeness (QED) is 0.693. The molecule has 0 spiro atoms. The van der Waals surface area contributed by atoms with Crippen molar-refractivity contribution < 1.29 is 9.13 Å². The van der Waals surface area contributed by atoms with Gasteiger partial charge in [-0.25, -0.2) is 19.3 Å². The van der Waals surface area contributed by atoms with Crippen LogP contribution in [-0.4, -0.2) is 21.6 Å². The summed E-state index contributed by atoms with van der Waals surface area (Å²) >= 11 is 6.24. The summed E-state index contributed by atoms with van der Waals surface area (Å²) in [6, 6.07) is 6.11. The average molecular weight is 357 g/mol. The van der Waals surface area contributed by atoms with E-state index in [4.69, 9.17) is 21.6 Å². The largest absolute Gasteiger partial charge is 0.476 e. The number of hydrogen-bond donors (Lipinski definition) is 0. The molecule has 0 radical (unpaired) electrons. The zero-order valence-corrected chi connectivity index (χ0v) is 14.4. The van der Waals surface area contributed by atoms with Crippen LogP contribution in [0.5, 0.6) is 5.88 Å². The van der Waals surface area contributed by atoms with Crippen molar-refractivity contribution in [2.45, 2.75) is 13.8 Å². The average Bonchev–Trinajstić information content (AvgIpc) is 2.59. The van der Waals surface area contributed by atoms with Crippen molar-refractivity contribution >= 4 is 22.5 Å². The Morgan fingerprint density at radius 2 is 2.04 bits per heavy atom. The lowest BCUT2D eigenvalue weighted by Crippen LogP contribution is -2.06. The van der Waals surface area contributed by atoms with Crippen LogP contribution in [0, 0.1) is 23.1 Å². The summed E-state index contributed by atoms with van der Waals surface area (Å²) < 4.78 is 19.5. The Kier molecular flexibility index (Phi) is 4.77. The highest BCUT2D eigenvalue weighted by molar-refractivity contribution is 6.32. The van der Waals surface area contributed by atoms with Gasteiger partial charge in [0.25, 0.3) is 0 Å². The predicted octanol–water partition coefficient (Wildman–Crippen LogP) is 4.39. The summed E-state index contributed by atoms with van der Waals surface area (Å²) in [5, 5.41) is 9.77. The number of fused-ring (bicyclic) bond motifs is 1. The van der Waals surface area contributed by atoms with Crippen LogP contribution >= 0.6 is 11.6 Å². The normalized spacial score (nSPS) is 10.9. The lowest BCUT2D eigenvalue weighted by molar-refractivity contribution is 0.261. The van der Waals surface area contributed by atoms with Gasteiger partial charge in [-0.2, -0.15) is 5.26 Å². The van der Waals surface area contributed by atoms with E-state index < -0.39 is 5.82 Å². The van der Waals surface area contributed by atoms with Crippen molar-refractivity contribution in [1.82, 2.24) is 15.0 Å². The molecule has 2 aromatic heterocycles. The maximum Gasteiger partial charge on any atom is 0.232 e. The summed E-state index contributed by atoms with van der Waals surface area (Å²) in [5.74, 6) is 0.0677. The fourth-order valence-corrected chi connectivity index (χ4v) is 2.52. The summed E-state index contributed by atoms with van der Waals surface area (Å²) in [4.78, 5) is 12.5. The summed E-state index contributed by atoms with van der Waals surface area (Å²) in [6.07, 6.45) is 2.92. The van der Waals surface area contributed by atoms with Crippen LogP contribution in [-0.2, 0) is 0 Å². The maximum absolute atomic E-state index is 14.0. The lowest BCUT2D eigenvalue weighted by Gasteiger charge is -2.11. The SMILES string of the molecule is CC(C)COc1ncc(-c2ncnc3cc(C#N)c(F)cc23)cc1Cl. The molecule has 25 heavy (non-hydrogen) atoms. The molecule has 3 rings (SSSR count). The highest BCUT2D eigenvalue weighted by atomic mass is 35.5. The molecule has 0 aliphatic rings. The molecule has 0 saturated heterocycles. The first-order chi connectivity index (χ1) is 12.0. The van der Waals surface area contributed by atoms with Crippen LogP contribution in [0.2, 0.25) is 5.02 Å². The molecule has 5 nitrogen and oxygen atoms in total. The van der Waals surface area contributed by atoms with E-state index >= 15 is 0 Å². The molecule has 0 bridgehead atoms. The molecule has 1 aromatic carbocycles. The Morgan fingerprint density at radius 3 is 2.72 bits per heavy atom. The minimum Gasteiger partial charge on any atom is -0.476 e. The van der Waals surface area contributed by atoms with Crippen molar-refractivity contribution in [3.8, 4) is 23.2 Å². The molecule has 3 aromatic rings. The number of benzene rings is 1. The van der Waals surface area contributed by atoms with Gasteiger partial charge in [-0.3, -0.25) is 0 Å². The second-order valence-electron chi connectivity index (χ2n) is 5.90. The molecule has 0 fully saturated rings. The van der Waals surface area contributed by atoms with Crippen molar-refractivity contribution in [3.05, 3.63) is 47.1 Å². The van der Waals surface area contributed by atoms with E-state index in [9.17, 15) is 4.39 Å². The van der Waals surface area contributed by atoms with Gasteiger partial charge in [-0.15, -0.1) is 0 Å². The second kappa shape index (κ2) is 6.99. The van der Waals surface area contributed by atoms with Crippen molar-refractivity contribution in [2.75, 3.05) is 6.61 Å². The number of rotatable bonds is 4. The molecule has 0 aliphatic carbocycles. The van der Waals surface area contributed by atoms with Crippen molar-refractivity contribution in [2.24, 2.45) is 5.92 Å². The monoisotopic (exact) mass is 356 g/mol. The molecule has 2 heterocycles. The summed E-state index contributed by atoms with van der Waals surface area (Å²) in [6.45, 7) is 4.56. The Bertz CT molecular complexity index is 985. The van der Waals surface area contributed by atoms with Gasteiger partial charge in [0, 0.05) is 17.1 Å². The van der Waals surface area contributed by atoms with Crippen LogP contribution < -0.4 is 4.74 Å². The molecule has 0 atom stereocenters. The van der Waals surface area contributed by atoms with Gasteiger partial charge in [-0.1, -0.05) is 25.4 Å². The first-order valence-electron chi connectivity index (χ1n) is 7.62. The Labute approximate surface area is 149 Å². The third-order valence-corrected chi connectivity index (χ3v) is 3.75. The van der Waals surface area contributed by atoms with E-state index in [1.807, 2.05) is 13.8 Å². The Balaban J connectivity index is 2.06. The van der Waals surface area contributed by atoms with Gasteiger partial charge in [0.05, 0.1) is 23.4 Å². The van der Waals surface area contributed by atoms with Crippen LogP contribution in [0.15, 0.2) is 30.7 Å². The van der Waals surface area contributed by atoms with Crippen LogP contribution in [0.3, 0.4) is 0 Å². The van der Waals surface area contributed by atoms with E-state index in [1.165, 1.54) is 18.5 Å². The number of nitrogens with zero attached hydrogens (tertiary/aromatic N) is 4. The number of hydrogen-bond acceptors (Lipinski definition) is 5. The lowest BCUT2D eigenvalue weighted by atomic mass is 10.1. The maximum atomic E-state index is 14.0. The van der Waals surface area contributed by atoms with E-state index in [2.05, 4.69) is 15.0 Å². The molecule has 0 saturated carbocycles. The molecule has 0 amide bonds. The molecule has 7 heteroatoms. The van der Waals surface area contributed by atoms with Gasteiger partial charge >= 0.3 is 0 Å². The number of ether oxygens (including phenoxy) is 1. The minimum absolute atomic E-state index is 0.0641. The first kappa shape index (κ1) is 17.1. The van der Waals surface area contributed by atoms with Gasteiger partial charge in [-0.05, 0) is 24.1 Å². The second-order valence-corrected chi connectivity index (χ2v) is 6.31. The smallest absolute Gasteiger partial charge is 0.232 e. The van der Waals surface area contributed by atoms with Gasteiger partial charge in [0.2, 0.25) is 5.88 Å². The highest BCUT2D eigenvalue weighted by Gasteiger charge is 2.13. The number of aromatic nitrogens is 3. The van der Waals surface area contributed by atoms with E-state index in [-0.39, 0.29) is 5.56 Å². The molecule has 0 N–H and O–H groups in total. The molecule has 126 valence electrons. The summed E-state index contributed by atoms with van der Waals surface area (Å²) in [5.41, 5.74) is 1.50.